The summed E-state index contributed by atoms with van der Waals surface area (Å²) in [4.78, 5) is 18.2. The lowest BCUT2D eigenvalue weighted by Gasteiger charge is -2.37. The molecule has 0 saturated heterocycles. The Bertz CT molecular complexity index is 1390. The fraction of sp³-hybridized carbons (Fsp3) is 0.643. The van der Waals surface area contributed by atoms with Crippen molar-refractivity contribution in [3.05, 3.63) is 33.2 Å². The smallest absolute Gasteiger partial charge is 0.196 e. The Morgan fingerprint density at radius 2 is 2.00 bits per heavy atom. The first-order valence-corrected chi connectivity index (χ1v) is 16.5. The highest BCUT2D eigenvalue weighted by molar-refractivity contribution is 8.76. The third-order valence-electron chi connectivity index (χ3n) is 8.79. The van der Waals surface area contributed by atoms with Crippen LogP contribution in [0.25, 0.3) is 11.0 Å². The van der Waals surface area contributed by atoms with Crippen molar-refractivity contribution >= 4 is 38.5 Å². The molecule has 7 N–H and O–H groups in total. The summed E-state index contributed by atoms with van der Waals surface area (Å²) >= 11 is 0. The summed E-state index contributed by atoms with van der Waals surface area (Å²) < 4.78 is 19.6. The van der Waals surface area contributed by atoms with Gasteiger partial charge in [0.2, 0.25) is 0 Å². The number of aliphatic hydroxyl groups excluding tert-OH is 2. The second kappa shape index (κ2) is 10.6. The molecule has 40 heavy (non-hydrogen) atoms. The van der Waals surface area contributed by atoms with E-state index in [0.717, 1.165) is 44.1 Å². The predicted octanol–water partition coefficient (Wildman–Crippen LogP) is 3.22. The molecule has 0 unspecified atom stereocenters. The molecule has 0 radical (unpaired) electrons. The van der Waals surface area contributed by atoms with Gasteiger partial charge >= 0.3 is 0 Å². The normalized spacial score (nSPS) is 32.2. The lowest BCUT2D eigenvalue weighted by molar-refractivity contribution is -0.0727. The van der Waals surface area contributed by atoms with Crippen molar-refractivity contribution in [3.63, 3.8) is 0 Å². The van der Waals surface area contributed by atoms with Crippen LogP contribution in [0.2, 0.25) is 0 Å². The molecular weight excluding hydrogens is 554 g/mol. The van der Waals surface area contributed by atoms with Gasteiger partial charge < -0.3 is 40.7 Å². The molecule has 2 aromatic rings. The number of rotatable bonds is 4. The largest absolute Gasteiger partial charge is 0.489 e. The molecule has 3 heterocycles. The van der Waals surface area contributed by atoms with Crippen LogP contribution >= 0.6 is 21.6 Å². The molecule has 5 atom stereocenters. The first-order chi connectivity index (χ1) is 19.1. The number of nitrogens with zero attached hydrogens (tertiary/aromatic N) is 1. The molecular formula is C28H37N3O7S2. The monoisotopic (exact) mass is 591 g/mol. The topological polar surface area (TPSA) is 174 Å². The van der Waals surface area contributed by atoms with E-state index in [-0.39, 0.29) is 35.6 Å². The van der Waals surface area contributed by atoms with Gasteiger partial charge in [0.1, 0.15) is 46.0 Å². The van der Waals surface area contributed by atoms with Crippen molar-refractivity contribution in [1.29, 1.82) is 0 Å². The summed E-state index contributed by atoms with van der Waals surface area (Å²) in [6.45, 7) is 1.42. The van der Waals surface area contributed by atoms with Crippen LogP contribution in [0.1, 0.15) is 87.2 Å². The molecule has 12 heteroatoms. The van der Waals surface area contributed by atoms with Crippen LogP contribution in [0.3, 0.4) is 0 Å². The minimum Gasteiger partial charge on any atom is -0.489 e. The third-order valence-corrected chi connectivity index (χ3v) is 11.2. The first-order valence-electron chi connectivity index (χ1n) is 14.0. The van der Waals surface area contributed by atoms with Gasteiger partial charge in [0, 0.05) is 41.0 Å². The van der Waals surface area contributed by atoms with E-state index in [1.54, 1.807) is 0 Å². The Kier molecular flexibility index (Phi) is 7.44. The Balaban J connectivity index is 1.56. The number of hydrogen-bond acceptors (Lipinski definition) is 10. The first kappa shape index (κ1) is 28.0. The predicted molar refractivity (Wildman–Crippen MR) is 156 cm³/mol. The van der Waals surface area contributed by atoms with Crippen LogP contribution in [-0.2, 0) is 5.75 Å². The van der Waals surface area contributed by atoms with Crippen LogP contribution in [0, 0.1) is 0 Å². The highest BCUT2D eigenvalue weighted by atomic mass is 33.1. The lowest BCUT2D eigenvalue weighted by Crippen LogP contribution is -2.47. The van der Waals surface area contributed by atoms with Crippen LogP contribution in [-0.4, -0.2) is 57.0 Å². The van der Waals surface area contributed by atoms with Gasteiger partial charge in [0.05, 0.1) is 18.3 Å². The fourth-order valence-corrected chi connectivity index (χ4v) is 9.36. The molecule has 2 aliphatic carbocycles. The fourth-order valence-electron chi connectivity index (χ4n) is 6.81. The maximum absolute atomic E-state index is 13.9. The van der Waals surface area contributed by atoms with Gasteiger partial charge in [-0.25, -0.2) is 4.99 Å². The van der Waals surface area contributed by atoms with Crippen molar-refractivity contribution < 1.29 is 29.2 Å². The van der Waals surface area contributed by atoms with Crippen molar-refractivity contribution in [3.8, 4) is 11.5 Å². The van der Waals surface area contributed by atoms with E-state index in [0.29, 0.717) is 46.0 Å². The summed E-state index contributed by atoms with van der Waals surface area (Å²) in [5.74, 6) is 1.60. The van der Waals surface area contributed by atoms with Crippen molar-refractivity contribution in [1.82, 2.24) is 0 Å². The number of aliphatic hydroxyl groups is 3. The molecule has 2 aliphatic heterocycles. The van der Waals surface area contributed by atoms with Gasteiger partial charge in [-0.15, -0.1) is 0 Å². The minimum atomic E-state index is -1.25. The van der Waals surface area contributed by atoms with E-state index in [1.807, 2.05) is 6.92 Å². The zero-order valence-corrected chi connectivity index (χ0v) is 24.2. The summed E-state index contributed by atoms with van der Waals surface area (Å²) in [5.41, 5.74) is 10.7. The highest BCUT2D eigenvalue weighted by Crippen LogP contribution is 2.57. The van der Waals surface area contributed by atoms with Gasteiger partial charge in [-0.1, -0.05) is 21.6 Å². The molecule has 0 amide bonds. The average molecular weight is 592 g/mol. The number of nitrogens with two attached hydrogens (primary N) is 2. The standard InChI is InChI=1S/C28H37N3O7S2/c1-27(35)8-4-7-15-20-22(38-25(15)27)16-11-39-40-13-28(12-32,31-26(29)30)10-18(34)19-9-17(33)21(23(16)37-19)24(20)36-14-5-2-3-6-14/h9,14-15,18,25,32,34-35H,2-8,10-13H2,1H3,(H4,29,30,31)/t15-,18+,25-,27-,28+/m0/s1. The van der Waals surface area contributed by atoms with Crippen LogP contribution < -0.4 is 26.4 Å². The molecule has 0 spiro atoms. The molecule has 2 bridgehead atoms. The minimum absolute atomic E-state index is 0.0114. The molecule has 2 fully saturated rings. The number of ether oxygens (including phenoxy) is 2. The Labute approximate surface area is 240 Å². The zero-order valence-electron chi connectivity index (χ0n) is 22.6. The summed E-state index contributed by atoms with van der Waals surface area (Å²) in [7, 11) is 2.96. The summed E-state index contributed by atoms with van der Waals surface area (Å²) in [6.07, 6.45) is 4.48. The summed E-state index contributed by atoms with van der Waals surface area (Å²) in [6, 6.07) is 1.31. The van der Waals surface area contributed by atoms with Crippen molar-refractivity contribution in [2.75, 3.05) is 12.4 Å². The molecule has 2 saturated carbocycles. The van der Waals surface area contributed by atoms with Gasteiger partial charge in [-0.3, -0.25) is 4.79 Å². The number of benzene rings is 1. The molecule has 1 aromatic carbocycles. The number of hydrogen-bond donors (Lipinski definition) is 5. The van der Waals surface area contributed by atoms with E-state index in [9.17, 15) is 20.1 Å². The molecule has 218 valence electrons. The number of guanidine groups is 1. The number of aliphatic imine (C=N–C) groups is 1. The number of fused-ring (bicyclic) bond motifs is 5. The van der Waals surface area contributed by atoms with Crippen molar-refractivity contribution in [2.24, 2.45) is 16.5 Å². The second-order valence-electron chi connectivity index (χ2n) is 11.8. The zero-order chi connectivity index (χ0) is 28.2. The van der Waals surface area contributed by atoms with Gasteiger partial charge in [0.15, 0.2) is 11.4 Å². The Morgan fingerprint density at radius 3 is 2.73 bits per heavy atom. The SMILES string of the molecule is C[C@]1(O)CCC[C@H]2c3c(c4c5oc(cc(=O)c5c3OC3CCCC3)[C@H](O)C[C@](CO)(N=C(N)N)CSSC4)O[C@@H]21. The van der Waals surface area contributed by atoms with E-state index in [4.69, 9.17) is 25.4 Å². The van der Waals surface area contributed by atoms with E-state index in [1.165, 1.54) is 27.7 Å². The van der Waals surface area contributed by atoms with Gasteiger partial charge in [-0.05, 0) is 51.9 Å². The van der Waals surface area contributed by atoms with Crippen LogP contribution in [0.5, 0.6) is 11.5 Å². The lowest BCUT2D eigenvalue weighted by atomic mass is 9.74. The summed E-state index contributed by atoms with van der Waals surface area (Å²) in [5, 5.41) is 33.2. The maximum Gasteiger partial charge on any atom is 0.196 e. The molecule has 10 nitrogen and oxygen atoms in total. The second-order valence-corrected chi connectivity index (χ2v) is 14.3. The highest BCUT2D eigenvalue weighted by Gasteiger charge is 2.51. The average Bonchev–Trinajstić information content (AvgIpc) is 3.55. The third kappa shape index (κ3) is 4.85. The van der Waals surface area contributed by atoms with E-state index >= 15 is 0 Å². The van der Waals surface area contributed by atoms with Crippen molar-refractivity contribution in [2.45, 2.75) is 99.4 Å². The van der Waals surface area contributed by atoms with Gasteiger partial charge in [-0.2, -0.15) is 0 Å². The van der Waals surface area contributed by atoms with E-state index < -0.39 is 30.0 Å². The quantitative estimate of drug-likeness (QED) is 0.201. The van der Waals surface area contributed by atoms with Crippen LogP contribution in [0.4, 0.5) is 0 Å². The maximum atomic E-state index is 13.9. The Morgan fingerprint density at radius 1 is 1.23 bits per heavy atom. The molecule has 4 aliphatic rings. The molecule has 6 rings (SSSR count). The van der Waals surface area contributed by atoms with Gasteiger partial charge in [0.25, 0.3) is 0 Å². The van der Waals surface area contributed by atoms with Crippen LogP contribution in [0.15, 0.2) is 20.3 Å². The van der Waals surface area contributed by atoms with E-state index in [2.05, 4.69) is 4.99 Å². The Hall–Kier alpha value is -2.12. The molecule has 1 aromatic heterocycles.